The molecule has 1 aromatic rings. The first-order valence-corrected chi connectivity index (χ1v) is 11.1. The van der Waals surface area contributed by atoms with Gasteiger partial charge in [0.15, 0.2) is 0 Å². The summed E-state index contributed by atoms with van der Waals surface area (Å²) in [4.78, 5) is 24.4. The first-order chi connectivity index (χ1) is 18.0. The molecule has 1 amide bonds. The number of amides is 1. The predicted molar refractivity (Wildman–Crippen MR) is 109 cm³/mol. The Morgan fingerprint density at radius 2 is 1.27 bits per heavy atom. The summed E-state index contributed by atoms with van der Waals surface area (Å²) < 4.78 is 185. The molecule has 0 heterocycles. The van der Waals surface area contributed by atoms with Crippen LogP contribution in [0.15, 0.2) is 30.3 Å². The molecule has 1 aromatic carbocycles. The fraction of sp³-hybridized carbons (Fsp3) is 0.636. The van der Waals surface area contributed by atoms with E-state index < -0.39 is 73.0 Å². The van der Waals surface area contributed by atoms with Crippen LogP contribution in [0, 0.1) is 5.92 Å². The molecular formula is C22H22F13NO4. The van der Waals surface area contributed by atoms with Gasteiger partial charge in [0.1, 0.15) is 12.6 Å². The maximum absolute atomic E-state index is 14.7. The molecule has 0 bridgehead atoms. The normalized spacial score (nSPS) is 15.3. The van der Waals surface area contributed by atoms with E-state index in [1.165, 1.54) is 29.6 Å². The molecule has 230 valence electrons. The van der Waals surface area contributed by atoms with Gasteiger partial charge in [-0.2, -0.15) is 57.1 Å². The van der Waals surface area contributed by atoms with Crippen LogP contribution in [-0.2, 0) is 20.9 Å². The molecule has 1 rings (SSSR count). The van der Waals surface area contributed by atoms with E-state index in [9.17, 15) is 66.7 Å². The molecule has 18 heteroatoms. The maximum atomic E-state index is 14.7. The van der Waals surface area contributed by atoms with Crippen LogP contribution in [-0.4, -0.2) is 60.5 Å². The number of hydrogen-bond acceptors (Lipinski definition) is 4. The lowest BCUT2D eigenvalue weighted by molar-refractivity contribution is -0.443. The number of benzene rings is 1. The Morgan fingerprint density at radius 3 is 1.75 bits per heavy atom. The molecule has 0 aromatic heterocycles. The topological polar surface area (TPSA) is 64.6 Å². The fourth-order valence-electron chi connectivity index (χ4n) is 2.96. The van der Waals surface area contributed by atoms with Gasteiger partial charge >= 0.3 is 47.9 Å². The third-order valence-corrected chi connectivity index (χ3v) is 5.51. The second kappa shape index (κ2) is 12.3. The minimum atomic E-state index is -8.11. The number of esters is 1. The summed E-state index contributed by atoms with van der Waals surface area (Å²) in [6.45, 7) is 0.184. The summed E-state index contributed by atoms with van der Waals surface area (Å²) in [7, 11) is 0. The van der Waals surface area contributed by atoms with Gasteiger partial charge in [-0.15, -0.1) is 0 Å². The zero-order valence-electron chi connectivity index (χ0n) is 20.4. The van der Waals surface area contributed by atoms with Crippen LogP contribution in [0.4, 0.5) is 61.9 Å². The van der Waals surface area contributed by atoms with E-state index in [-0.39, 0.29) is 18.9 Å². The minimum Gasteiger partial charge on any atom is -0.464 e. The Bertz CT molecular complexity index is 1000. The van der Waals surface area contributed by atoms with Crippen molar-refractivity contribution >= 4 is 12.1 Å². The molecule has 1 N–H and O–H groups in total. The number of ether oxygens (including phenoxy) is 2. The lowest BCUT2D eigenvalue weighted by atomic mass is 9.84. The third-order valence-electron chi connectivity index (χ3n) is 5.51. The molecule has 0 saturated carbocycles. The standard InChI is InChI=1S/C22H22F13NO4/c1-3-4-10-39-15(37)14(36-16(38)40-11-13-8-6-5-7-9-13)12(2)17(23,24)18(25,26)19(27,28)20(29,30)21(31,32)22(33,34)35/h5-9,12,14H,3-4,10-11H2,1-2H3,(H,36,38). The van der Waals surface area contributed by atoms with Gasteiger partial charge in [-0.3, -0.25) is 0 Å². The van der Waals surface area contributed by atoms with Crippen molar-refractivity contribution < 1.29 is 76.1 Å². The molecule has 0 spiro atoms. The number of carbonyl (C=O) groups is 2. The van der Waals surface area contributed by atoms with Gasteiger partial charge in [0.05, 0.1) is 12.5 Å². The Morgan fingerprint density at radius 1 is 0.775 bits per heavy atom. The SMILES string of the molecule is CCCCOC(=O)C(NC(=O)OCc1ccccc1)C(C)C(F)(F)C(F)(F)C(F)(F)C(F)(F)C(F)(F)C(F)(F)F. The zero-order chi connectivity index (χ0) is 31.4. The van der Waals surface area contributed by atoms with Crippen molar-refractivity contribution in [2.45, 2.75) is 75.1 Å². The molecule has 40 heavy (non-hydrogen) atoms. The highest BCUT2D eigenvalue weighted by Gasteiger charge is 2.91. The predicted octanol–water partition coefficient (Wildman–Crippen LogP) is 7.00. The molecule has 0 radical (unpaired) electrons. The summed E-state index contributed by atoms with van der Waals surface area (Å²) in [6.07, 6.45) is -9.02. The van der Waals surface area contributed by atoms with Gasteiger partial charge in [0, 0.05) is 0 Å². The number of alkyl carbamates (subject to hydrolysis) is 1. The molecule has 0 aliphatic rings. The van der Waals surface area contributed by atoms with Crippen molar-refractivity contribution in [1.82, 2.24) is 5.32 Å². The van der Waals surface area contributed by atoms with E-state index in [0.717, 1.165) is 0 Å². The van der Waals surface area contributed by atoms with E-state index in [0.29, 0.717) is 6.42 Å². The molecule has 2 atom stereocenters. The number of rotatable bonds is 13. The van der Waals surface area contributed by atoms with Gasteiger partial charge in [0.2, 0.25) is 0 Å². The van der Waals surface area contributed by atoms with Gasteiger partial charge in [-0.1, -0.05) is 50.6 Å². The number of hydrogen-bond donors (Lipinski definition) is 1. The monoisotopic (exact) mass is 611 g/mol. The van der Waals surface area contributed by atoms with E-state index in [4.69, 9.17) is 0 Å². The Hall–Kier alpha value is -2.95. The maximum Gasteiger partial charge on any atom is 0.460 e. The van der Waals surface area contributed by atoms with E-state index >= 15 is 0 Å². The average molecular weight is 611 g/mol. The van der Waals surface area contributed by atoms with Crippen molar-refractivity contribution in [2.24, 2.45) is 5.92 Å². The van der Waals surface area contributed by atoms with Gasteiger partial charge in [-0.05, 0) is 12.0 Å². The quantitative estimate of drug-likeness (QED) is 0.148. The average Bonchev–Trinajstić information content (AvgIpc) is 2.85. The second-order valence-electron chi connectivity index (χ2n) is 8.41. The smallest absolute Gasteiger partial charge is 0.460 e. The van der Waals surface area contributed by atoms with Crippen LogP contribution in [0.1, 0.15) is 32.3 Å². The van der Waals surface area contributed by atoms with Crippen molar-refractivity contribution in [3.05, 3.63) is 35.9 Å². The number of carbonyl (C=O) groups excluding carboxylic acids is 2. The van der Waals surface area contributed by atoms with Gasteiger partial charge in [-0.25, -0.2) is 9.59 Å². The van der Waals surface area contributed by atoms with Crippen molar-refractivity contribution in [2.75, 3.05) is 6.61 Å². The van der Waals surface area contributed by atoms with Crippen molar-refractivity contribution in [1.29, 1.82) is 0 Å². The van der Waals surface area contributed by atoms with Crippen molar-refractivity contribution in [3.8, 4) is 0 Å². The number of unbranched alkanes of at least 4 members (excludes halogenated alkanes) is 1. The molecule has 5 nitrogen and oxygen atoms in total. The summed E-state index contributed by atoms with van der Waals surface area (Å²) in [5.74, 6) is -44.0. The van der Waals surface area contributed by atoms with Crippen molar-refractivity contribution in [3.63, 3.8) is 0 Å². The fourth-order valence-corrected chi connectivity index (χ4v) is 2.96. The Kier molecular flexibility index (Phi) is 10.8. The highest BCUT2D eigenvalue weighted by Crippen LogP contribution is 2.61. The number of alkyl halides is 13. The zero-order valence-corrected chi connectivity index (χ0v) is 20.4. The second-order valence-corrected chi connectivity index (χ2v) is 8.41. The van der Waals surface area contributed by atoms with Gasteiger partial charge in [0.25, 0.3) is 0 Å². The first-order valence-electron chi connectivity index (χ1n) is 11.1. The Balaban J connectivity index is 3.41. The largest absolute Gasteiger partial charge is 0.464 e. The highest BCUT2D eigenvalue weighted by molar-refractivity contribution is 5.81. The summed E-state index contributed by atoms with van der Waals surface area (Å²) in [5, 5.41) is 1.33. The summed E-state index contributed by atoms with van der Waals surface area (Å²) >= 11 is 0. The summed E-state index contributed by atoms with van der Waals surface area (Å²) in [5.41, 5.74) is 0.275. The molecule has 0 fully saturated rings. The summed E-state index contributed by atoms with van der Waals surface area (Å²) in [6, 6.07) is 4.19. The highest BCUT2D eigenvalue weighted by atomic mass is 19.4. The first kappa shape index (κ1) is 35.1. The van der Waals surface area contributed by atoms with Crippen LogP contribution in [0.2, 0.25) is 0 Å². The van der Waals surface area contributed by atoms with E-state index in [1.54, 1.807) is 13.0 Å². The molecule has 2 unspecified atom stereocenters. The lowest BCUT2D eigenvalue weighted by Crippen LogP contribution is -2.72. The van der Waals surface area contributed by atoms with E-state index in [1.807, 2.05) is 0 Å². The molecular weight excluding hydrogens is 589 g/mol. The number of halogens is 13. The van der Waals surface area contributed by atoms with Crippen LogP contribution < -0.4 is 5.32 Å². The van der Waals surface area contributed by atoms with E-state index in [2.05, 4.69) is 9.47 Å². The lowest BCUT2D eigenvalue weighted by Gasteiger charge is -2.42. The Labute approximate surface area is 218 Å². The van der Waals surface area contributed by atoms with Crippen LogP contribution in [0.3, 0.4) is 0 Å². The minimum absolute atomic E-state index is 0.0364. The molecule has 0 aliphatic carbocycles. The third kappa shape index (κ3) is 6.67. The van der Waals surface area contributed by atoms with Crippen LogP contribution in [0.25, 0.3) is 0 Å². The molecule has 0 aliphatic heterocycles. The van der Waals surface area contributed by atoms with Crippen LogP contribution >= 0.6 is 0 Å². The van der Waals surface area contributed by atoms with Gasteiger partial charge < -0.3 is 14.8 Å². The number of nitrogens with one attached hydrogen (secondary N) is 1. The molecule has 0 saturated heterocycles. The van der Waals surface area contributed by atoms with Crippen LogP contribution in [0.5, 0.6) is 0 Å².